The van der Waals surface area contributed by atoms with Gasteiger partial charge in [0.1, 0.15) is 6.61 Å². The van der Waals surface area contributed by atoms with Gasteiger partial charge < -0.3 is 4.74 Å². The molecule has 0 aromatic carbocycles. The number of carbonyl (C=O) groups is 1. The summed E-state index contributed by atoms with van der Waals surface area (Å²) in [5, 5.41) is -3.22. The van der Waals surface area contributed by atoms with Crippen LogP contribution in [0.3, 0.4) is 0 Å². The van der Waals surface area contributed by atoms with Crippen molar-refractivity contribution in [2.45, 2.75) is 0 Å². The van der Waals surface area contributed by atoms with Gasteiger partial charge in [0.25, 0.3) is 0 Å². The van der Waals surface area contributed by atoms with Crippen LogP contribution in [-0.2, 0) is 13.9 Å². The van der Waals surface area contributed by atoms with Gasteiger partial charge in [-0.05, 0) is 56.2 Å². The maximum absolute atomic E-state index is 10.8. The van der Waals surface area contributed by atoms with Crippen LogP contribution in [0.25, 0.3) is 0 Å². The number of hydrogen-bond acceptors (Lipinski definition) is 4. The minimum absolute atomic E-state index is 0.197. The van der Waals surface area contributed by atoms with Gasteiger partial charge in [0.15, 0.2) is 0 Å². The molecule has 0 bridgehead atoms. The molecule has 1 aliphatic rings. The normalized spacial score (nSPS) is 16.9. The van der Waals surface area contributed by atoms with Gasteiger partial charge in [0.05, 0.1) is 6.54 Å². The van der Waals surface area contributed by atoms with Gasteiger partial charge in [-0.3, -0.25) is 9.13 Å². The van der Waals surface area contributed by atoms with Crippen molar-refractivity contribution >= 4 is 73.5 Å². The smallest absolute Gasteiger partial charge is 0.417 e. The van der Waals surface area contributed by atoms with E-state index in [9.17, 15) is 13.9 Å². The number of halogens is 5. The Hall–Kier alpha value is 1.18. The van der Waals surface area contributed by atoms with E-state index in [-0.39, 0.29) is 13.2 Å². The summed E-state index contributed by atoms with van der Waals surface area (Å²) in [5.41, 5.74) is 0. The minimum Gasteiger partial charge on any atom is -0.447 e. The Kier molecular flexibility index (Phi) is 6.69. The second-order valence-electron chi connectivity index (χ2n) is 2.07. The van der Waals surface area contributed by atoms with Gasteiger partial charge in [-0.15, -0.1) is 0 Å². The average Bonchev–Trinajstić information content (AvgIpc) is 2.28. The molecule has 0 spiro atoms. The monoisotopic (exact) mass is 355 g/mol. The van der Waals surface area contributed by atoms with Crippen LogP contribution in [0.15, 0.2) is 0 Å². The summed E-state index contributed by atoms with van der Waals surface area (Å²) in [6.07, 6.45) is -0.715. The molecule has 0 aromatic rings. The fourth-order valence-electron chi connectivity index (χ4n) is 0.597. The van der Waals surface area contributed by atoms with Crippen LogP contribution in [0.2, 0.25) is 0 Å². The predicted octanol–water partition coefficient (Wildman–Crippen LogP) is 4.84. The largest absolute Gasteiger partial charge is 0.447 e. The first kappa shape index (κ1) is 16.2. The Morgan fingerprint density at radius 3 is 1.67 bits per heavy atom. The van der Waals surface area contributed by atoms with Crippen molar-refractivity contribution in [3.8, 4) is 0 Å². The Bertz CT molecular complexity index is 316. The van der Waals surface area contributed by atoms with Gasteiger partial charge in [0, 0.05) is 0 Å². The summed E-state index contributed by atoms with van der Waals surface area (Å²) in [6.45, 7) is 0.394. The second-order valence-corrected chi connectivity index (χ2v) is 13.3. The van der Waals surface area contributed by atoms with E-state index < -0.39 is 17.3 Å². The molecule has 12 heteroatoms. The quantitative estimate of drug-likeness (QED) is 0.630. The van der Waals surface area contributed by atoms with Crippen LogP contribution in [0, 0.1) is 0 Å². The van der Waals surface area contributed by atoms with E-state index in [1.807, 2.05) is 0 Å². The number of rotatable bonds is 1. The van der Waals surface area contributed by atoms with Crippen molar-refractivity contribution in [1.82, 2.24) is 4.67 Å². The van der Waals surface area contributed by atoms with Crippen molar-refractivity contribution in [2.75, 3.05) is 13.2 Å². The van der Waals surface area contributed by atoms with E-state index in [0.717, 1.165) is 4.67 Å². The van der Waals surface area contributed by atoms with Crippen LogP contribution < -0.4 is 0 Å². The van der Waals surface area contributed by atoms with Crippen molar-refractivity contribution in [1.29, 1.82) is 0 Å². The number of cyclic esters (lactones) is 1. The second kappa shape index (κ2) is 6.20. The summed E-state index contributed by atoms with van der Waals surface area (Å²) < 4.78 is 25.5. The predicted molar refractivity (Wildman–Crippen MR) is 62.5 cm³/mol. The molecule has 0 N–H and O–H groups in total. The van der Waals surface area contributed by atoms with Crippen molar-refractivity contribution in [3.05, 3.63) is 0 Å². The van der Waals surface area contributed by atoms with Crippen LogP contribution in [0.1, 0.15) is 0 Å². The number of carbonyl (C=O) groups excluding carboxylic acids is 1. The van der Waals surface area contributed by atoms with Crippen LogP contribution in [-0.4, -0.2) is 23.9 Å². The molecular formula is C3H4Cl5NO4P2. The molecule has 90 valence electrons. The van der Waals surface area contributed by atoms with Crippen LogP contribution in [0.5, 0.6) is 0 Å². The Morgan fingerprint density at radius 1 is 1.13 bits per heavy atom. The fourth-order valence-corrected chi connectivity index (χ4v) is 1.98. The highest BCUT2D eigenvalue weighted by Crippen LogP contribution is 2.61. The molecule has 0 atom stereocenters. The third-order valence-corrected chi connectivity index (χ3v) is 3.04. The molecule has 0 aromatic heterocycles. The van der Waals surface area contributed by atoms with Gasteiger partial charge in [0.2, 0.25) is 0 Å². The first-order valence-electron chi connectivity index (χ1n) is 3.15. The highest BCUT2D eigenvalue weighted by Gasteiger charge is 2.35. The fraction of sp³-hybridized carbons (Fsp3) is 0.667. The number of ether oxygens (including phenoxy) is 1. The summed E-state index contributed by atoms with van der Waals surface area (Å²) in [6, 6.07) is 0. The lowest BCUT2D eigenvalue weighted by Crippen LogP contribution is -2.16. The van der Waals surface area contributed by atoms with Gasteiger partial charge in [-0.1, -0.05) is 0 Å². The zero-order valence-corrected chi connectivity index (χ0v) is 12.3. The first-order valence-corrected chi connectivity index (χ1v) is 11.0. The molecule has 1 amide bonds. The van der Waals surface area contributed by atoms with Crippen LogP contribution in [0.4, 0.5) is 4.79 Å². The summed E-state index contributed by atoms with van der Waals surface area (Å²) in [7, 11) is 0. The highest BCUT2D eigenvalue weighted by atomic mass is 36.0. The van der Waals surface area contributed by atoms with E-state index >= 15 is 0 Å². The Balaban J connectivity index is 0.000000336. The van der Waals surface area contributed by atoms with Crippen LogP contribution >= 0.6 is 67.4 Å². The summed E-state index contributed by atoms with van der Waals surface area (Å²) >= 11 is 24.2. The number of amides is 1. The lowest BCUT2D eigenvalue weighted by atomic mass is 10.7. The molecule has 1 saturated heterocycles. The molecule has 1 fully saturated rings. The summed E-state index contributed by atoms with van der Waals surface area (Å²) in [4.78, 5) is 10.6. The van der Waals surface area contributed by atoms with E-state index in [4.69, 9.17) is 22.5 Å². The topological polar surface area (TPSA) is 63.7 Å². The molecule has 0 radical (unpaired) electrons. The number of nitrogens with zero attached hydrogens (tertiary/aromatic N) is 1. The SMILES string of the molecule is O=C1OCCN1P(=O)(Cl)Cl.O=P(Cl)(Cl)Cl. The standard InChI is InChI=1S/C3H4Cl2NO3P.Cl3OP/c4-10(5,8)6-1-2-9-3(6)7;1-5(2,3)4/h1-2H2;. The Morgan fingerprint density at radius 2 is 1.53 bits per heavy atom. The number of hydrogen-bond donors (Lipinski definition) is 0. The summed E-state index contributed by atoms with van der Waals surface area (Å²) in [5.74, 6) is -3.47. The third kappa shape index (κ3) is 8.93. The van der Waals surface area contributed by atoms with Crippen molar-refractivity contribution in [3.63, 3.8) is 0 Å². The molecule has 0 aliphatic carbocycles. The molecule has 0 saturated carbocycles. The molecule has 1 heterocycles. The van der Waals surface area contributed by atoms with E-state index in [1.54, 1.807) is 0 Å². The third-order valence-electron chi connectivity index (χ3n) is 1.02. The molecule has 15 heavy (non-hydrogen) atoms. The van der Waals surface area contributed by atoms with Gasteiger partial charge in [-0.25, -0.2) is 9.46 Å². The molecule has 1 rings (SSSR count). The molecule has 1 aliphatic heterocycles. The maximum Gasteiger partial charge on any atom is 0.417 e. The van der Waals surface area contributed by atoms with Gasteiger partial charge >= 0.3 is 17.3 Å². The molecular weight excluding hydrogens is 353 g/mol. The Labute approximate surface area is 110 Å². The lowest BCUT2D eigenvalue weighted by molar-refractivity contribution is 0.170. The zero-order chi connectivity index (χ0) is 12.3. The lowest BCUT2D eigenvalue weighted by Gasteiger charge is -2.11. The van der Waals surface area contributed by atoms with Crippen molar-refractivity contribution in [2.24, 2.45) is 0 Å². The van der Waals surface area contributed by atoms with Crippen molar-refractivity contribution < 1.29 is 18.7 Å². The highest BCUT2D eigenvalue weighted by molar-refractivity contribution is 8.24. The molecule has 5 nitrogen and oxygen atoms in total. The van der Waals surface area contributed by atoms with E-state index in [1.165, 1.54) is 0 Å². The molecule has 0 unspecified atom stereocenters. The minimum atomic E-state index is -3.47. The van der Waals surface area contributed by atoms with Gasteiger partial charge in [-0.2, -0.15) is 0 Å². The van der Waals surface area contributed by atoms with E-state index in [2.05, 4.69) is 38.5 Å². The first-order chi connectivity index (χ1) is 6.52. The van der Waals surface area contributed by atoms with E-state index in [0.29, 0.717) is 0 Å². The average molecular weight is 357 g/mol. The maximum atomic E-state index is 10.8. The zero-order valence-electron chi connectivity index (χ0n) is 6.78.